The van der Waals surface area contributed by atoms with Gasteiger partial charge in [0.2, 0.25) is 10.8 Å². The molecule has 2 aromatic carbocycles. The summed E-state index contributed by atoms with van der Waals surface area (Å²) in [5, 5.41) is 15.5. The Morgan fingerprint density at radius 3 is 2.68 bits per heavy atom. The van der Waals surface area contributed by atoms with Gasteiger partial charge in [0, 0.05) is 10.0 Å². The summed E-state index contributed by atoms with van der Waals surface area (Å²) in [5.74, 6) is -0.311. The van der Waals surface area contributed by atoms with Crippen LogP contribution in [0.1, 0.15) is 24.0 Å². The SMILES string of the molecule is COc1cc(Br)cc2c1O[C@]1([N+](=O)[O-])[C@H]2[C@]2(C)S[C@@]1(c1ccccc1)NC2=O. The fraction of sp³-hybridized carbons (Fsp3) is 0.316. The van der Waals surface area contributed by atoms with Crippen LogP contribution in [0.3, 0.4) is 0 Å². The van der Waals surface area contributed by atoms with Gasteiger partial charge >= 0.3 is 5.72 Å². The molecule has 2 fully saturated rings. The first-order valence-electron chi connectivity index (χ1n) is 8.59. The van der Waals surface area contributed by atoms with Crippen molar-refractivity contribution in [2.24, 2.45) is 0 Å². The molecule has 0 spiro atoms. The molecule has 2 bridgehead atoms. The summed E-state index contributed by atoms with van der Waals surface area (Å²) in [6, 6.07) is 12.5. The van der Waals surface area contributed by atoms with Crippen LogP contribution < -0.4 is 14.8 Å². The Labute approximate surface area is 173 Å². The summed E-state index contributed by atoms with van der Waals surface area (Å²) in [6.07, 6.45) is 0. The minimum absolute atomic E-state index is 0.237. The maximum atomic E-state index is 13.0. The predicted octanol–water partition coefficient (Wildman–Crippen LogP) is 3.40. The van der Waals surface area contributed by atoms with Crippen LogP contribution in [0.25, 0.3) is 0 Å². The number of nitrogens with one attached hydrogen (secondary N) is 1. The summed E-state index contributed by atoms with van der Waals surface area (Å²) in [6.45, 7) is 1.75. The summed E-state index contributed by atoms with van der Waals surface area (Å²) in [4.78, 5) is 23.9. The number of thioether (sulfide) groups is 1. The van der Waals surface area contributed by atoms with Crippen molar-refractivity contribution in [1.29, 1.82) is 0 Å². The molecule has 3 heterocycles. The van der Waals surface area contributed by atoms with E-state index >= 15 is 0 Å². The molecule has 2 saturated heterocycles. The van der Waals surface area contributed by atoms with Gasteiger partial charge in [-0.2, -0.15) is 0 Å². The fourth-order valence-corrected chi connectivity index (χ4v) is 7.16. The van der Waals surface area contributed by atoms with E-state index in [1.807, 2.05) is 6.07 Å². The van der Waals surface area contributed by atoms with Crippen molar-refractivity contribution in [3.05, 3.63) is 68.2 Å². The molecule has 0 unspecified atom stereocenters. The fourth-order valence-electron chi connectivity index (χ4n) is 4.74. The van der Waals surface area contributed by atoms with Gasteiger partial charge in [0.05, 0.1) is 12.0 Å². The number of nitro groups is 1. The number of hydrogen-bond acceptors (Lipinski definition) is 6. The Hall–Kier alpha value is -2.26. The highest BCUT2D eigenvalue weighted by molar-refractivity contribution is 9.10. The minimum atomic E-state index is -1.89. The van der Waals surface area contributed by atoms with E-state index in [0.717, 1.165) is 0 Å². The average molecular weight is 463 g/mol. The van der Waals surface area contributed by atoms with Crippen LogP contribution in [0.15, 0.2) is 46.9 Å². The van der Waals surface area contributed by atoms with Gasteiger partial charge in [0.25, 0.3) is 0 Å². The first-order valence-corrected chi connectivity index (χ1v) is 10.2. The average Bonchev–Trinajstić information content (AvgIpc) is 3.24. The summed E-state index contributed by atoms with van der Waals surface area (Å²) in [5.41, 5.74) is -0.661. The highest BCUT2D eigenvalue weighted by atomic mass is 79.9. The number of methoxy groups -OCH3 is 1. The standard InChI is InChI=1S/C19H15BrN2O5S/c1-17-15-12-8-11(20)9-13(26-2)14(12)27-19(15,22(24)25)18(28-17,21-16(17)23)10-6-4-3-5-7-10/h3-9,15H,1-2H3,(H,21,23)/t15-,17+,18-,19-/m1/s1. The molecule has 1 N–H and O–H groups in total. The Bertz CT molecular complexity index is 1050. The lowest BCUT2D eigenvalue weighted by atomic mass is 9.72. The number of carbonyl (C=O) groups excluding carboxylic acids is 1. The summed E-state index contributed by atoms with van der Waals surface area (Å²) < 4.78 is 11.2. The molecule has 7 nitrogen and oxygen atoms in total. The van der Waals surface area contributed by atoms with E-state index in [0.29, 0.717) is 27.1 Å². The molecule has 3 aliphatic rings. The summed E-state index contributed by atoms with van der Waals surface area (Å²) in [7, 11) is 1.49. The second-order valence-electron chi connectivity index (χ2n) is 7.23. The van der Waals surface area contributed by atoms with E-state index in [1.54, 1.807) is 43.3 Å². The summed E-state index contributed by atoms with van der Waals surface area (Å²) >= 11 is 4.70. The lowest BCUT2D eigenvalue weighted by molar-refractivity contribution is -0.627. The van der Waals surface area contributed by atoms with Crippen LogP contribution in [0, 0.1) is 10.1 Å². The van der Waals surface area contributed by atoms with Gasteiger partial charge in [0.15, 0.2) is 11.5 Å². The van der Waals surface area contributed by atoms with Crippen molar-refractivity contribution in [2.45, 2.75) is 28.2 Å². The largest absolute Gasteiger partial charge is 0.493 e. The maximum absolute atomic E-state index is 13.0. The third-order valence-corrected chi connectivity index (χ3v) is 8.08. The van der Waals surface area contributed by atoms with Gasteiger partial charge in [-0.3, -0.25) is 14.9 Å². The first kappa shape index (κ1) is 17.8. The second-order valence-corrected chi connectivity index (χ2v) is 9.81. The van der Waals surface area contributed by atoms with Crippen molar-refractivity contribution in [2.75, 3.05) is 7.11 Å². The number of carbonyl (C=O) groups is 1. The number of halogens is 1. The molecule has 1 amide bonds. The van der Waals surface area contributed by atoms with Gasteiger partial charge in [-0.05, 0) is 24.6 Å². The van der Waals surface area contributed by atoms with E-state index in [9.17, 15) is 14.9 Å². The van der Waals surface area contributed by atoms with Crippen molar-refractivity contribution in [1.82, 2.24) is 5.32 Å². The molecular formula is C19H15BrN2O5S. The van der Waals surface area contributed by atoms with Crippen LogP contribution in [0.5, 0.6) is 11.5 Å². The normalized spacial score (nSPS) is 34.4. The smallest absolute Gasteiger partial charge is 0.409 e. The van der Waals surface area contributed by atoms with Crippen LogP contribution in [0.2, 0.25) is 0 Å². The lowest BCUT2D eigenvalue weighted by Gasteiger charge is -2.38. The van der Waals surface area contributed by atoms with E-state index < -0.39 is 26.2 Å². The molecule has 0 aliphatic carbocycles. The zero-order valence-corrected chi connectivity index (χ0v) is 17.3. The Morgan fingerprint density at radius 1 is 1.32 bits per heavy atom. The van der Waals surface area contributed by atoms with E-state index in [-0.39, 0.29) is 5.91 Å². The third-order valence-electron chi connectivity index (χ3n) is 5.84. The Morgan fingerprint density at radius 2 is 2.04 bits per heavy atom. The number of ether oxygens (including phenoxy) is 2. The number of nitrogens with zero attached hydrogens (tertiary/aromatic N) is 1. The molecule has 9 heteroatoms. The number of amides is 1. The van der Waals surface area contributed by atoms with Gasteiger partial charge in [0.1, 0.15) is 10.7 Å². The Kier molecular flexibility index (Phi) is 3.45. The second kappa shape index (κ2) is 5.42. The van der Waals surface area contributed by atoms with Gasteiger partial charge in [-0.1, -0.05) is 58.0 Å². The molecule has 144 valence electrons. The molecule has 0 aromatic heterocycles. The third kappa shape index (κ3) is 1.79. The molecular weight excluding hydrogens is 448 g/mol. The zero-order valence-electron chi connectivity index (χ0n) is 14.9. The highest BCUT2D eigenvalue weighted by Crippen LogP contribution is 2.75. The van der Waals surface area contributed by atoms with Crippen LogP contribution in [0.4, 0.5) is 0 Å². The van der Waals surface area contributed by atoms with Crippen LogP contribution >= 0.6 is 27.7 Å². The van der Waals surface area contributed by atoms with Crippen molar-refractivity contribution in [3.8, 4) is 11.5 Å². The number of hydrogen-bond donors (Lipinski definition) is 1. The van der Waals surface area contributed by atoms with E-state index in [2.05, 4.69) is 21.2 Å². The molecule has 28 heavy (non-hydrogen) atoms. The van der Waals surface area contributed by atoms with E-state index in [4.69, 9.17) is 9.47 Å². The number of fused-ring (bicyclic) bond motifs is 7. The van der Waals surface area contributed by atoms with Crippen molar-refractivity contribution >= 4 is 33.6 Å². The molecule has 0 radical (unpaired) electrons. The number of benzene rings is 2. The zero-order chi connectivity index (χ0) is 19.9. The molecule has 2 aromatic rings. The van der Waals surface area contributed by atoms with Crippen LogP contribution in [-0.4, -0.2) is 28.4 Å². The maximum Gasteiger partial charge on any atom is 0.409 e. The van der Waals surface area contributed by atoms with Gasteiger partial charge in [-0.15, -0.1) is 0 Å². The van der Waals surface area contributed by atoms with Crippen LogP contribution in [-0.2, 0) is 9.67 Å². The Balaban J connectivity index is 1.86. The monoisotopic (exact) mass is 462 g/mol. The van der Waals surface area contributed by atoms with Crippen molar-refractivity contribution in [3.63, 3.8) is 0 Å². The minimum Gasteiger partial charge on any atom is -0.493 e. The lowest BCUT2D eigenvalue weighted by Crippen LogP contribution is -2.68. The van der Waals surface area contributed by atoms with Gasteiger partial charge < -0.3 is 14.8 Å². The van der Waals surface area contributed by atoms with Gasteiger partial charge in [-0.25, -0.2) is 0 Å². The molecule has 3 aliphatic heterocycles. The molecule has 0 saturated carbocycles. The van der Waals surface area contributed by atoms with E-state index in [1.165, 1.54) is 18.9 Å². The quantitative estimate of drug-likeness (QED) is 0.555. The number of piperidine rings is 1. The molecule has 5 rings (SSSR count). The predicted molar refractivity (Wildman–Crippen MR) is 106 cm³/mol. The number of rotatable bonds is 3. The molecule has 4 atom stereocenters. The topological polar surface area (TPSA) is 90.7 Å². The first-order chi connectivity index (χ1) is 13.3. The van der Waals surface area contributed by atoms with Crippen molar-refractivity contribution < 1.29 is 19.2 Å². The highest BCUT2D eigenvalue weighted by Gasteiger charge is 2.89.